The third kappa shape index (κ3) is 3.86. The number of carbonyl (C=O) groups is 2. The second kappa shape index (κ2) is 9.29. The van der Waals surface area contributed by atoms with E-state index in [1.807, 2.05) is 49.4 Å². The number of anilines is 2. The van der Waals surface area contributed by atoms with Crippen LogP contribution in [0.1, 0.15) is 43.8 Å². The van der Waals surface area contributed by atoms with E-state index < -0.39 is 21.6 Å². The Hall–Kier alpha value is -3.95. The fourth-order valence-corrected chi connectivity index (χ4v) is 8.54. The zero-order chi connectivity index (χ0) is 28.5. The van der Waals surface area contributed by atoms with Crippen molar-refractivity contribution in [3.63, 3.8) is 0 Å². The van der Waals surface area contributed by atoms with Gasteiger partial charge < -0.3 is 5.32 Å². The number of benzene rings is 4. The van der Waals surface area contributed by atoms with Crippen LogP contribution in [0.5, 0.6) is 0 Å². The molecule has 41 heavy (non-hydrogen) atoms. The van der Waals surface area contributed by atoms with E-state index in [1.54, 1.807) is 48.5 Å². The van der Waals surface area contributed by atoms with Gasteiger partial charge in [-0.15, -0.1) is 0 Å². The Morgan fingerprint density at radius 3 is 2.27 bits per heavy atom. The molecular weight excluding hydrogens is 602 g/mol. The summed E-state index contributed by atoms with van der Waals surface area (Å²) in [6.45, 7) is 2.08. The van der Waals surface area contributed by atoms with Crippen molar-refractivity contribution in [1.82, 2.24) is 4.90 Å². The number of fused-ring (bicyclic) bond motifs is 5. The maximum atomic E-state index is 14.5. The monoisotopic (exact) mass is 627 g/mol. The summed E-state index contributed by atoms with van der Waals surface area (Å²) in [5.41, 5.74) is 4.31. The summed E-state index contributed by atoms with van der Waals surface area (Å²) in [5.74, 6) is -0.635. The maximum Gasteiger partial charge on any atom is 0.266 e. The van der Waals surface area contributed by atoms with E-state index in [4.69, 9.17) is 0 Å². The Balaban J connectivity index is 1.37. The van der Waals surface area contributed by atoms with Gasteiger partial charge in [-0.25, -0.2) is 12.7 Å². The molecule has 1 N–H and O–H groups in total. The molecule has 0 saturated carbocycles. The van der Waals surface area contributed by atoms with Crippen molar-refractivity contribution in [2.45, 2.75) is 36.2 Å². The molecule has 0 fully saturated rings. The fourth-order valence-electron chi connectivity index (χ4n) is 6.53. The summed E-state index contributed by atoms with van der Waals surface area (Å²) in [4.78, 5) is 28.0. The largest absolute Gasteiger partial charge is 0.363 e. The molecular formula is C32H26BrN3O4S. The number of para-hydroxylation sites is 1. The summed E-state index contributed by atoms with van der Waals surface area (Å²) >= 11 is 3.54. The second-order valence-corrected chi connectivity index (χ2v) is 13.6. The number of hydrogen-bond acceptors (Lipinski definition) is 5. The SMILES string of the molecule is Cc1ccc(S(=O)(=O)N2c3cc(Br)ccc3C[C@]3(CCN4C(=O)c5ccccc5C4=O)c4ccccc4N[C@H]23)cc1. The van der Waals surface area contributed by atoms with Gasteiger partial charge in [0.05, 0.1) is 21.7 Å². The van der Waals surface area contributed by atoms with Gasteiger partial charge in [0.25, 0.3) is 21.8 Å². The lowest BCUT2D eigenvalue weighted by Crippen LogP contribution is -2.58. The molecule has 7 nitrogen and oxygen atoms in total. The van der Waals surface area contributed by atoms with Gasteiger partial charge in [0, 0.05) is 22.1 Å². The van der Waals surface area contributed by atoms with Gasteiger partial charge in [0.15, 0.2) is 0 Å². The lowest BCUT2D eigenvalue weighted by molar-refractivity contribution is 0.0639. The van der Waals surface area contributed by atoms with E-state index >= 15 is 0 Å². The topological polar surface area (TPSA) is 86.8 Å². The predicted octanol–water partition coefficient (Wildman–Crippen LogP) is 5.88. The van der Waals surface area contributed by atoms with Crippen LogP contribution in [0.2, 0.25) is 0 Å². The highest BCUT2D eigenvalue weighted by atomic mass is 79.9. The average molecular weight is 629 g/mol. The Kier molecular flexibility index (Phi) is 5.89. The highest BCUT2D eigenvalue weighted by molar-refractivity contribution is 9.10. The summed E-state index contributed by atoms with van der Waals surface area (Å²) in [7, 11) is -4.02. The van der Waals surface area contributed by atoms with E-state index in [9.17, 15) is 18.0 Å². The molecule has 9 heteroatoms. The van der Waals surface area contributed by atoms with E-state index in [0.717, 1.165) is 26.9 Å². The molecule has 4 aromatic carbocycles. The molecule has 7 rings (SSSR count). The first-order valence-corrected chi connectivity index (χ1v) is 15.6. The molecule has 0 unspecified atom stereocenters. The zero-order valence-corrected chi connectivity index (χ0v) is 24.6. The van der Waals surface area contributed by atoms with Crippen LogP contribution in [0.4, 0.5) is 11.4 Å². The molecule has 206 valence electrons. The number of amides is 2. The summed E-state index contributed by atoms with van der Waals surface area (Å²) in [6, 6.07) is 27.3. The summed E-state index contributed by atoms with van der Waals surface area (Å²) in [5, 5.41) is 3.53. The lowest BCUT2D eigenvalue weighted by Gasteiger charge is -2.47. The van der Waals surface area contributed by atoms with Crippen LogP contribution in [0.15, 0.2) is 100 Å². The van der Waals surface area contributed by atoms with E-state index in [-0.39, 0.29) is 23.3 Å². The fraction of sp³-hybridized carbons (Fsp3) is 0.188. The smallest absolute Gasteiger partial charge is 0.266 e. The molecule has 0 saturated heterocycles. The number of carbonyl (C=O) groups excluding carboxylic acids is 2. The van der Waals surface area contributed by atoms with Crippen molar-refractivity contribution in [3.8, 4) is 0 Å². The molecule has 2 atom stereocenters. The van der Waals surface area contributed by atoms with E-state index in [0.29, 0.717) is 29.7 Å². The molecule has 0 aromatic heterocycles. The normalized spacial score (nSPS) is 20.8. The van der Waals surface area contributed by atoms with Crippen LogP contribution in [0, 0.1) is 6.92 Å². The first-order valence-electron chi connectivity index (χ1n) is 13.4. The number of aryl methyl sites for hydroxylation is 1. The Bertz CT molecular complexity index is 1820. The molecule has 0 radical (unpaired) electrons. The molecule has 3 heterocycles. The first kappa shape index (κ1) is 26.0. The third-order valence-electron chi connectivity index (χ3n) is 8.54. The van der Waals surface area contributed by atoms with Crippen LogP contribution in [-0.4, -0.2) is 37.8 Å². The summed E-state index contributed by atoms with van der Waals surface area (Å²) in [6.07, 6.45) is 0.235. The minimum Gasteiger partial charge on any atom is -0.363 e. The molecule has 3 aliphatic heterocycles. The van der Waals surface area contributed by atoms with E-state index in [2.05, 4.69) is 21.2 Å². The van der Waals surface area contributed by atoms with Crippen LogP contribution in [0.25, 0.3) is 0 Å². The molecule has 3 aliphatic rings. The number of rotatable bonds is 5. The van der Waals surface area contributed by atoms with Crippen LogP contribution < -0.4 is 9.62 Å². The molecule has 2 amide bonds. The number of sulfonamides is 1. The van der Waals surface area contributed by atoms with Crippen molar-refractivity contribution in [2.75, 3.05) is 16.2 Å². The number of imide groups is 1. The Morgan fingerprint density at radius 1 is 0.902 bits per heavy atom. The maximum absolute atomic E-state index is 14.5. The quantitative estimate of drug-likeness (QED) is 0.279. The Labute approximate surface area is 247 Å². The van der Waals surface area contributed by atoms with Crippen molar-refractivity contribution in [1.29, 1.82) is 0 Å². The van der Waals surface area contributed by atoms with Crippen LogP contribution in [-0.2, 0) is 21.9 Å². The van der Waals surface area contributed by atoms with Gasteiger partial charge in [-0.3, -0.25) is 14.5 Å². The Morgan fingerprint density at radius 2 is 1.56 bits per heavy atom. The highest BCUT2D eigenvalue weighted by Gasteiger charge is 2.56. The van der Waals surface area contributed by atoms with Crippen LogP contribution in [0.3, 0.4) is 0 Å². The summed E-state index contributed by atoms with van der Waals surface area (Å²) < 4.78 is 31.2. The van der Waals surface area contributed by atoms with Crippen molar-refractivity contribution in [2.24, 2.45) is 0 Å². The van der Waals surface area contributed by atoms with Gasteiger partial charge in [-0.1, -0.05) is 70.0 Å². The number of nitrogens with zero attached hydrogens (tertiary/aromatic N) is 2. The van der Waals surface area contributed by atoms with Gasteiger partial charge in [0.2, 0.25) is 0 Å². The van der Waals surface area contributed by atoms with Crippen molar-refractivity contribution < 1.29 is 18.0 Å². The zero-order valence-electron chi connectivity index (χ0n) is 22.2. The lowest BCUT2D eigenvalue weighted by atomic mass is 9.70. The molecule has 0 bridgehead atoms. The second-order valence-electron chi connectivity index (χ2n) is 10.9. The minimum atomic E-state index is -4.02. The van der Waals surface area contributed by atoms with Gasteiger partial charge in [0.1, 0.15) is 6.17 Å². The average Bonchev–Trinajstić information content (AvgIpc) is 3.41. The van der Waals surface area contributed by atoms with Gasteiger partial charge in [-0.05, 0) is 73.4 Å². The highest BCUT2D eigenvalue weighted by Crippen LogP contribution is 2.54. The minimum absolute atomic E-state index is 0.156. The number of halogens is 1. The standard InChI is InChI=1S/C32H26BrN3O4S/c1-20-10-14-23(15-11-20)41(39,40)36-28-18-22(33)13-12-21(28)19-32(26-8-4-5-9-27(26)34-31(32)36)16-17-35-29(37)24-6-2-3-7-25(24)30(35)38/h2-15,18,31,34H,16-17,19H2,1H3/t31-,32-/m1/s1. The van der Waals surface area contributed by atoms with Crippen molar-refractivity contribution >= 4 is 49.1 Å². The van der Waals surface area contributed by atoms with Crippen molar-refractivity contribution in [3.05, 3.63) is 123 Å². The molecule has 0 aliphatic carbocycles. The van der Waals surface area contributed by atoms with Crippen LogP contribution >= 0.6 is 15.9 Å². The number of hydrogen-bond donors (Lipinski definition) is 1. The first-order chi connectivity index (χ1) is 19.7. The van der Waals surface area contributed by atoms with Gasteiger partial charge in [-0.2, -0.15) is 0 Å². The molecule has 0 spiro atoms. The third-order valence-corrected chi connectivity index (χ3v) is 10.8. The molecule has 4 aromatic rings. The van der Waals surface area contributed by atoms with E-state index in [1.165, 1.54) is 9.21 Å². The predicted molar refractivity (Wildman–Crippen MR) is 161 cm³/mol. The van der Waals surface area contributed by atoms with Gasteiger partial charge >= 0.3 is 0 Å². The number of nitrogens with one attached hydrogen (secondary N) is 1.